The van der Waals surface area contributed by atoms with E-state index in [1.54, 1.807) is 68.1 Å². The van der Waals surface area contributed by atoms with Gasteiger partial charge in [0, 0.05) is 17.7 Å². The number of methoxy groups -OCH3 is 1. The zero-order valence-corrected chi connectivity index (χ0v) is 13.9. The predicted octanol–water partition coefficient (Wildman–Crippen LogP) is 2.39. The van der Waals surface area contributed by atoms with Crippen molar-refractivity contribution >= 4 is 11.4 Å². The number of nitrogens with zero attached hydrogens (tertiary/aromatic N) is 3. The maximum Gasteiger partial charge on any atom is 0.217 e. The first-order chi connectivity index (χ1) is 11.4. The number of benzene rings is 1. The number of hydrogen-bond donors (Lipinski definition) is 1. The van der Waals surface area contributed by atoms with Crippen LogP contribution in [-0.2, 0) is 12.0 Å². The lowest BCUT2D eigenvalue weighted by atomic mass is 9.96. The van der Waals surface area contributed by atoms with Crippen LogP contribution >= 0.6 is 0 Å². The number of fused-ring (bicyclic) bond motifs is 1. The van der Waals surface area contributed by atoms with Crippen LogP contribution in [0.3, 0.4) is 0 Å². The molecule has 24 heavy (non-hydrogen) atoms. The van der Waals surface area contributed by atoms with Gasteiger partial charge in [-0.05, 0) is 19.4 Å². The van der Waals surface area contributed by atoms with E-state index < -0.39 is 5.60 Å². The number of ether oxygens (including phenoxy) is 1. The summed E-state index contributed by atoms with van der Waals surface area (Å²) in [4.78, 5) is 16.9. The maximum absolute atomic E-state index is 12.5. The number of ketones is 1. The van der Waals surface area contributed by atoms with Crippen molar-refractivity contribution in [2.45, 2.75) is 25.9 Å². The Hall–Kier alpha value is -2.73. The van der Waals surface area contributed by atoms with Gasteiger partial charge in [-0.25, -0.2) is 4.98 Å². The fourth-order valence-corrected chi connectivity index (χ4v) is 2.50. The van der Waals surface area contributed by atoms with Gasteiger partial charge in [0.2, 0.25) is 5.88 Å². The molecule has 6 nitrogen and oxygen atoms in total. The first-order valence-electron chi connectivity index (χ1n) is 7.62. The Morgan fingerprint density at radius 1 is 1.25 bits per heavy atom. The van der Waals surface area contributed by atoms with Crippen LogP contribution in [0.15, 0.2) is 42.6 Å². The van der Waals surface area contributed by atoms with Crippen molar-refractivity contribution in [2.75, 3.05) is 7.11 Å². The number of aromatic nitrogens is 3. The molecule has 1 N–H and O–H groups in total. The van der Waals surface area contributed by atoms with E-state index >= 15 is 0 Å². The van der Waals surface area contributed by atoms with Gasteiger partial charge < -0.3 is 9.84 Å². The summed E-state index contributed by atoms with van der Waals surface area (Å²) < 4.78 is 6.86. The van der Waals surface area contributed by atoms with Gasteiger partial charge in [0.1, 0.15) is 0 Å². The van der Waals surface area contributed by atoms with Crippen LogP contribution < -0.4 is 4.74 Å². The highest BCUT2D eigenvalue weighted by atomic mass is 16.5. The third-order valence-corrected chi connectivity index (χ3v) is 3.84. The van der Waals surface area contributed by atoms with E-state index in [4.69, 9.17) is 4.74 Å². The van der Waals surface area contributed by atoms with Gasteiger partial charge >= 0.3 is 0 Å². The Morgan fingerprint density at radius 2 is 1.96 bits per heavy atom. The van der Waals surface area contributed by atoms with Gasteiger partial charge in [-0.1, -0.05) is 24.3 Å². The number of hydrogen-bond acceptors (Lipinski definition) is 5. The topological polar surface area (TPSA) is 76.7 Å². The molecular formula is C18H19N3O3. The lowest BCUT2D eigenvalue weighted by molar-refractivity contribution is 0.0784. The Balaban J connectivity index is 1.84. The molecule has 0 saturated heterocycles. The lowest BCUT2D eigenvalue weighted by Gasteiger charge is -2.17. The minimum Gasteiger partial charge on any atom is -0.481 e. The van der Waals surface area contributed by atoms with Crippen molar-refractivity contribution in [2.24, 2.45) is 0 Å². The third kappa shape index (κ3) is 3.14. The molecule has 0 unspecified atom stereocenters. The molecule has 3 aromatic rings. The number of Topliss-reactive ketones (excluding diaryl/α,β-unsaturated/α-hetero) is 1. The van der Waals surface area contributed by atoms with E-state index in [0.717, 1.165) is 5.56 Å². The molecule has 0 aliphatic carbocycles. The molecule has 0 aliphatic rings. The summed E-state index contributed by atoms with van der Waals surface area (Å²) in [6.45, 7) is 3.42. The quantitative estimate of drug-likeness (QED) is 0.729. The van der Waals surface area contributed by atoms with Crippen molar-refractivity contribution < 1.29 is 14.6 Å². The number of carbonyl (C=O) groups is 1. The van der Waals surface area contributed by atoms with Crippen molar-refractivity contribution in [3.05, 3.63) is 59.4 Å². The molecular weight excluding hydrogens is 306 g/mol. The zero-order chi connectivity index (χ0) is 17.3. The van der Waals surface area contributed by atoms with Gasteiger partial charge in [-0.3, -0.25) is 4.79 Å². The highest BCUT2D eigenvalue weighted by Gasteiger charge is 2.17. The minimum atomic E-state index is -0.927. The fraction of sp³-hybridized carbons (Fsp3) is 0.278. The largest absolute Gasteiger partial charge is 0.481 e. The Labute approximate surface area is 139 Å². The standard InChI is InChI=1S/C18H19N3O3/c1-18(2,23)13-6-4-12(5-7-13)15(22)10-14-11-17(24-3)21-16(20-14)8-9-19-21/h4-9,11,23H,10H2,1-3H3. The molecule has 2 heterocycles. The average molecular weight is 325 g/mol. The molecule has 0 spiro atoms. The highest BCUT2D eigenvalue weighted by Crippen LogP contribution is 2.21. The van der Waals surface area contributed by atoms with E-state index in [1.807, 2.05) is 0 Å². The van der Waals surface area contributed by atoms with Crippen molar-refractivity contribution in [1.82, 2.24) is 14.6 Å². The molecule has 6 heteroatoms. The van der Waals surface area contributed by atoms with Crippen LogP contribution in [0.25, 0.3) is 5.65 Å². The van der Waals surface area contributed by atoms with Crippen molar-refractivity contribution in [1.29, 1.82) is 0 Å². The average Bonchev–Trinajstić information content (AvgIpc) is 3.01. The van der Waals surface area contributed by atoms with E-state index in [0.29, 0.717) is 22.8 Å². The van der Waals surface area contributed by atoms with Crippen LogP contribution in [0.1, 0.15) is 35.5 Å². The lowest BCUT2D eigenvalue weighted by Crippen LogP contribution is -2.15. The Morgan fingerprint density at radius 3 is 2.58 bits per heavy atom. The number of aliphatic hydroxyl groups is 1. The summed E-state index contributed by atoms with van der Waals surface area (Å²) in [6, 6.07) is 10.5. The second kappa shape index (κ2) is 6.05. The Kier molecular flexibility index (Phi) is 4.07. The SMILES string of the molecule is COc1cc(CC(=O)c2ccc(C(C)(C)O)cc2)nc2ccnn12. The summed E-state index contributed by atoms with van der Waals surface area (Å²) >= 11 is 0. The van der Waals surface area contributed by atoms with Gasteiger partial charge in [-0.15, -0.1) is 0 Å². The summed E-state index contributed by atoms with van der Waals surface area (Å²) in [5, 5.41) is 14.1. The summed E-state index contributed by atoms with van der Waals surface area (Å²) in [6.07, 6.45) is 1.80. The molecule has 0 amide bonds. The van der Waals surface area contributed by atoms with Crippen LogP contribution in [0.5, 0.6) is 5.88 Å². The highest BCUT2D eigenvalue weighted by molar-refractivity contribution is 5.97. The molecule has 0 fully saturated rings. The molecule has 0 radical (unpaired) electrons. The van der Waals surface area contributed by atoms with Crippen molar-refractivity contribution in [3.63, 3.8) is 0 Å². The minimum absolute atomic E-state index is 0.0456. The van der Waals surface area contributed by atoms with Gasteiger partial charge in [0.05, 0.1) is 31.0 Å². The predicted molar refractivity (Wildman–Crippen MR) is 89.3 cm³/mol. The van der Waals surface area contributed by atoms with Crippen LogP contribution in [0.2, 0.25) is 0 Å². The first kappa shape index (κ1) is 16.1. The van der Waals surface area contributed by atoms with E-state index in [1.165, 1.54) is 0 Å². The van der Waals surface area contributed by atoms with Crippen molar-refractivity contribution in [3.8, 4) is 5.88 Å². The van der Waals surface area contributed by atoms with Gasteiger partial charge in [0.15, 0.2) is 11.4 Å². The van der Waals surface area contributed by atoms with Crippen LogP contribution in [0, 0.1) is 0 Å². The molecule has 124 valence electrons. The molecule has 2 aromatic heterocycles. The molecule has 0 atom stereocenters. The molecule has 3 rings (SSSR count). The fourth-order valence-electron chi connectivity index (χ4n) is 2.50. The third-order valence-electron chi connectivity index (χ3n) is 3.84. The van der Waals surface area contributed by atoms with E-state index in [-0.39, 0.29) is 12.2 Å². The second-order valence-corrected chi connectivity index (χ2v) is 6.13. The van der Waals surface area contributed by atoms with E-state index in [9.17, 15) is 9.90 Å². The van der Waals surface area contributed by atoms with Gasteiger partial charge in [0.25, 0.3) is 0 Å². The zero-order valence-electron chi connectivity index (χ0n) is 13.9. The summed E-state index contributed by atoms with van der Waals surface area (Å²) in [7, 11) is 1.55. The van der Waals surface area contributed by atoms with E-state index in [2.05, 4.69) is 10.1 Å². The van der Waals surface area contributed by atoms with Gasteiger partial charge in [-0.2, -0.15) is 9.61 Å². The summed E-state index contributed by atoms with van der Waals surface area (Å²) in [5.74, 6) is 0.487. The summed E-state index contributed by atoms with van der Waals surface area (Å²) in [5.41, 5.74) is 1.67. The number of carbonyl (C=O) groups excluding carboxylic acids is 1. The monoisotopic (exact) mass is 325 g/mol. The maximum atomic E-state index is 12.5. The first-order valence-corrected chi connectivity index (χ1v) is 7.62. The smallest absolute Gasteiger partial charge is 0.217 e. The normalized spacial score (nSPS) is 11.7. The number of rotatable bonds is 5. The van der Waals surface area contributed by atoms with Crippen LogP contribution in [0.4, 0.5) is 0 Å². The van der Waals surface area contributed by atoms with Crippen LogP contribution in [-0.4, -0.2) is 32.6 Å². The molecule has 0 bridgehead atoms. The molecule has 1 aromatic carbocycles. The molecule has 0 saturated carbocycles. The molecule has 0 aliphatic heterocycles. The Bertz CT molecular complexity index is 877. The second-order valence-electron chi connectivity index (χ2n) is 6.13.